The predicted molar refractivity (Wildman–Crippen MR) is 80.7 cm³/mol. The zero-order valence-corrected chi connectivity index (χ0v) is 12.0. The minimum absolute atomic E-state index is 0.0833. The molecule has 0 aromatic heterocycles. The van der Waals surface area contributed by atoms with Gasteiger partial charge in [-0.05, 0) is 36.4 Å². The van der Waals surface area contributed by atoms with Crippen molar-refractivity contribution in [2.24, 2.45) is 0 Å². The third kappa shape index (κ3) is 4.95. The highest BCUT2D eigenvalue weighted by Crippen LogP contribution is 2.08. The summed E-state index contributed by atoms with van der Waals surface area (Å²) in [5, 5.41) is 34.0. The number of hydrogen-bond donors (Lipinski definition) is 4. The first kappa shape index (κ1) is 18.4. The van der Waals surface area contributed by atoms with E-state index in [1.165, 1.54) is 48.5 Å². The van der Waals surface area contributed by atoms with Crippen LogP contribution in [-0.4, -0.2) is 44.3 Å². The van der Waals surface area contributed by atoms with Gasteiger partial charge in [0, 0.05) is 0 Å². The zero-order valence-electron chi connectivity index (χ0n) is 12.0. The van der Waals surface area contributed by atoms with E-state index >= 15 is 0 Å². The molecular formula is C16H12O8. The number of carboxylic acids is 4. The van der Waals surface area contributed by atoms with Crippen LogP contribution in [0.1, 0.15) is 41.4 Å². The third-order valence-corrected chi connectivity index (χ3v) is 2.77. The molecule has 0 spiro atoms. The summed E-state index contributed by atoms with van der Waals surface area (Å²) in [5.41, 5.74) is -0.213. The number of benzene rings is 2. The van der Waals surface area contributed by atoms with Crippen LogP contribution in [0.15, 0.2) is 48.5 Å². The van der Waals surface area contributed by atoms with Gasteiger partial charge in [0.1, 0.15) is 0 Å². The molecule has 0 amide bonds. The highest BCUT2D eigenvalue weighted by molar-refractivity contribution is 6.01. The Morgan fingerprint density at radius 3 is 1.00 bits per heavy atom. The molecule has 2 rings (SSSR count). The monoisotopic (exact) mass is 332 g/mol. The van der Waals surface area contributed by atoms with Crippen molar-refractivity contribution in [2.45, 2.75) is 0 Å². The highest BCUT2D eigenvalue weighted by Gasteiger charge is 2.13. The van der Waals surface area contributed by atoms with Gasteiger partial charge in [0.05, 0.1) is 22.3 Å². The first-order chi connectivity index (χ1) is 11.2. The Hall–Kier alpha value is -3.68. The van der Waals surface area contributed by atoms with Crippen molar-refractivity contribution in [1.82, 2.24) is 0 Å². The fourth-order valence-electron chi connectivity index (χ4n) is 1.61. The van der Waals surface area contributed by atoms with Gasteiger partial charge in [0.25, 0.3) is 0 Å². The Bertz CT molecular complexity index is 711. The molecule has 0 saturated heterocycles. The second-order valence-electron chi connectivity index (χ2n) is 4.34. The quantitative estimate of drug-likeness (QED) is 0.665. The van der Waals surface area contributed by atoms with Crippen molar-refractivity contribution >= 4 is 23.9 Å². The van der Waals surface area contributed by atoms with Crippen molar-refractivity contribution in [3.8, 4) is 0 Å². The summed E-state index contributed by atoms with van der Waals surface area (Å²) < 4.78 is 0. The van der Waals surface area contributed by atoms with Crippen LogP contribution in [0.2, 0.25) is 0 Å². The van der Waals surface area contributed by atoms with Crippen LogP contribution >= 0.6 is 0 Å². The Morgan fingerprint density at radius 1 is 0.500 bits per heavy atom. The summed E-state index contributed by atoms with van der Waals surface area (Å²) in [5.74, 6) is -4.58. The van der Waals surface area contributed by atoms with E-state index < -0.39 is 23.9 Å². The molecule has 8 nitrogen and oxygen atoms in total. The molecule has 4 N–H and O–H groups in total. The van der Waals surface area contributed by atoms with Crippen LogP contribution in [0.3, 0.4) is 0 Å². The summed E-state index contributed by atoms with van der Waals surface area (Å²) >= 11 is 0. The van der Waals surface area contributed by atoms with E-state index in [4.69, 9.17) is 20.4 Å². The van der Waals surface area contributed by atoms with Crippen molar-refractivity contribution < 1.29 is 39.6 Å². The summed E-state index contributed by atoms with van der Waals surface area (Å²) in [7, 11) is 0. The van der Waals surface area contributed by atoms with Gasteiger partial charge >= 0.3 is 23.9 Å². The minimum Gasteiger partial charge on any atom is -0.478 e. The molecule has 0 aliphatic heterocycles. The Balaban J connectivity index is 0.000000240. The molecule has 2 aromatic rings. The first-order valence-corrected chi connectivity index (χ1v) is 6.36. The Kier molecular flexibility index (Phi) is 6.19. The normalized spacial score (nSPS) is 9.33. The van der Waals surface area contributed by atoms with Gasteiger partial charge in [0.15, 0.2) is 0 Å². The number of aromatic carboxylic acids is 4. The van der Waals surface area contributed by atoms with Crippen LogP contribution in [0, 0.1) is 0 Å². The average Bonchev–Trinajstić information content (AvgIpc) is 2.55. The standard InChI is InChI=1S/2C8H6O4/c9-7(10)5-1-2-6(4-3-5)8(11)12;9-7(10)5-3-1-2-4-6(5)8(11)12/h2*1-4H,(H,9,10)(H,11,12). The lowest BCUT2D eigenvalue weighted by Crippen LogP contribution is -2.06. The van der Waals surface area contributed by atoms with Crippen LogP contribution in [0.4, 0.5) is 0 Å². The molecule has 0 heterocycles. The maximum absolute atomic E-state index is 10.5. The van der Waals surface area contributed by atoms with Crippen molar-refractivity contribution in [3.63, 3.8) is 0 Å². The summed E-state index contributed by atoms with van der Waals surface area (Å²) in [6, 6.07) is 10.5. The van der Waals surface area contributed by atoms with Crippen LogP contribution in [0.5, 0.6) is 0 Å². The molecule has 8 heteroatoms. The van der Waals surface area contributed by atoms with Gasteiger partial charge in [-0.25, -0.2) is 19.2 Å². The zero-order chi connectivity index (χ0) is 18.3. The fraction of sp³-hybridized carbons (Fsp3) is 0. The van der Waals surface area contributed by atoms with Crippen molar-refractivity contribution in [3.05, 3.63) is 70.8 Å². The molecule has 24 heavy (non-hydrogen) atoms. The van der Waals surface area contributed by atoms with Gasteiger partial charge in [-0.2, -0.15) is 0 Å². The molecule has 0 saturated carbocycles. The molecule has 0 radical (unpaired) electrons. The molecule has 0 fully saturated rings. The van der Waals surface area contributed by atoms with Gasteiger partial charge < -0.3 is 20.4 Å². The summed E-state index contributed by atoms with van der Waals surface area (Å²) in [6.07, 6.45) is 0. The molecule has 2 aromatic carbocycles. The largest absolute Gasteiger partial charge is 0.478 e. The van der Waals surface area contributed by atoms with E-state index in [2.05, 4.69) is 0 Å². The lowest BCUT2D eigenvalue weighted by Gasteiger charge is -1.98. The SMILES string of the molecule is O=C(O)c1ccc(C(=O)O)cc1.O=C(O)c1ccccc1C(=O)O. The van der Waals surface area contributed by atoms with Crippen molar-refractivity contribution in [2.75, 3.05) is 0 Å². The number of hydrogen-bond acceptors (Lipinski definition) is 4. The molecule has 0 bridgehead atoms. The molecular weight excluding hydrogens is 320 g/mol. The van der Waals surface area contributed by atoms with E-state index in [1.807, 2.05) is 0 Å². The van der Waals surface area contributed by atoms with E-state index in [1.54, 1.807) is 0 Å². The molecule has 0 aliphatic carbocycles. The second-order valence-corrected chi connectivity index (χ2v) is 4.34. The van der Waals surface area contributed by atoms with E-state index in [0.717, 1.165) is 0 Å². The average molecular weight is 332 g/mol. The predicted octanol–water partition coefficient (Wildman–Crippen LogP) is 2.17. The minimum atomic E-state index is -1.23. The van der Waals surface area contributed by atoms with Crippen LogP contribution in [0.25, 0.3) is 0 Å². The molecule has 124 valence electrons. The smallest absolute Gasteiger partial charge is 0.336 e. The maximum atomic E-state index is 10.5. The van der Waals surface area contributed by atoms with Gasteiger partial charge in [-0.3, -0.25) is 0 Å². The summed E-state index contributed by atoms with van der Waals surface area (Å²) in [4.78, 5) is 41.6. The van der Waals surface area contributed by atoms with Crippen LogP contribution < -0.4 is 0 Å². The molecule has 0 aliphatic rings. The van der Waals surface area contributed by atoms with E-state index in [0.29, 0.717) is 0 Å². The van der Waals surface area contributed by atoms with E-state index in [-0.39, 0.29) is 22.3 Å². The van der Waals surface area contributed by atoms with Gasteiger partial charge in [-0.15, -0.1) is 0 Å². The Morgan fingerprint density at radius 2 is 0.792 bits per heavy atom. The second kappa shape index (κ2) is 8.08. The molecule has 0 unspecified atom stereocenters. The highest BCUT2D eigenvalue weighted by atomic mass is 16.4. The Labute approximate surface area is 135 Å². The fourth-order valence-corrected chi connectivity index (χ4v) is 1.61. The lowest BCUT2D eigenvalue weighted by molar-refractivity contribution is 0.0651. The topological polar surface area (TPSA) is 149 Å². The molecule has 0 atom stereocenters. The van der Waals surface area contributed by atoms with Gasteiger partial charge in [0.2, 0.25) is 0 Å². The first-order valence-electron chi connectivity index (χ1n) is 6.36. The third-order valence-electron chi connectivity index (χ3n) is 2.77. The van der Waals surface area contributed by atoms with E-state index in [9.17, 15) is 19.2 Å². The number of carbonyl (C=O) groups is 4. The number of rotatable bonds is 4. The maximum Gasteiger partial charge on any atom is 0.336 e. The van der Waals surface area contributed by atoms with Gasteiger partial charge in [-0.1, -0.05) is 12.1 Å². The van der Waals surface area contributed by atoms with Crippen LogP contribution in [-0.2, 0) is 0 Å². The van der Waals surface area contributed by atoms with Crippen molar-refractivity contribution in [1.29, 1.82) is 0 Å². The lowest BCUT2D eigenvalue weighted by atomic mass is 10.1. The number of carboxylic acid groups (broad SMARTS) is 4. The summed E-state index contributed by atoms with van der Waals surface area (Å²) in [6.45, 7) is 0.